The lowest BCUT2D eigenvalue weighted by Crippen LogP contribution is -2.38. The highest BCUT2D eigenvalue weighted by molar-refractivity contribution is 8.18. The number of para-hydroxylation sites is 1. The highest BCUT2D eigenvalue weighted by Crippen LogP contribution is 2.44. The summed E-state index contributed by atoms with van der Waals surface area (Å²) in [4.78, 5) is 34.7. The van der Waals surface area contributed by atoms with Gasteiger partial charge in [0.05, 0.1) is 35.9 Å². The summed E-state index contributed by atoms with van der Waals surface area (Å²) in [7, 11) is 0. The summed E-state index contributed by atoms with van der Waals surface area (Å²) < 4.78 is 5.39. The zero-order valence-electron chi connectivity index (χ0n) is 16.6. The second kappa shape index (κ2) is 7.74. The lowest BCUT2D eigenvalue weighted by molar-refractivity contribution is -0.115. The van der Waals surface area contributed by atoms with Crippen LogP contribution in [0.15, 0.2) is 58.4 Å². The summed E-state index contributed by atoms with van der Waals surface area (Å²) in [6.45, 7) is 5.13. The van der Waals surface area contributed by atoms with Gasteiger partial charge in [-0.15, -0.1) is 0 Å². The van der Waals surface area contributed by atoms with Gasteiger partial charge in [0.2, 0.25) is 0 Å². The first-order valence-electron chi connectivity index (χ1n) is 9.96. The molecule has 5 rings (SSSR count). The fourth-order valence-electron chi connectivity index (χ4n) is 3.88. The van der Waals surface area contributed by atoms with Crippen LogP contribution in [-0.4, -0.2) is 48.2 Å². The number of carbonyl (C=O) groups is 2. The van der Waals surface area contributed by atoms with E-state index in [-0.39, 0.29) is 11.8 Å². The van der Waals surface area contributed by atoms with Gasteiger partial charge < -0.3 is 14.5 Å². The lowest BCUT2D eigenvalue weighted by Gasteiger charge is -2.27. The highest BCUT2D eigenvalue weighted by Gasteiger charge is 2.39. The number of amides is 2. The monoisotopic (exact) mass is 419 g/mol. The van der Waals surface area contributed by atoms with E-state index >= 15 is 0 Å². The molecule has 0 aromatic heterocycles. The topological polar surface area (TPSA) is 62.2 Å². The lowest BCUT2D eigenvalue weighted by atomic mass is 10.1. The molecule has 6 nitrogen and oxygen atoms in total. The van der Waals surface area contributed by atoms with E-state index in [9.17, 15) is 9.59 Å². The Labute approximate surface area is 179 Å². The van der Waals surface area contributed by atoms with Crippen molar-refractivity contribution in [3.63, 3.8) is 0 Å². The van der Waals surface area contributed by atoms with Crippen molar-refractivity contribution < 1.29 is 14.3 Å². The van der Waals surface area contributed by atoms with Crippen LogP contribution >= 0.6 is 11.8 Å². The zero-order valence-corrected chi connectivity index (χ0v) is 17.4. The Morgan fingerprint density at radius 1 is 1.03 bits per heavy atom. The fourth-order valence-corrected chi connectivity index (χ4v) is 4.93. The van der Waals surface area contributed by atoms with Crippen molar-refractivity contribution in [2.24, 2.45) is 4.99 Å². The number of hydrogen-bond donors (Lipinski definition) is 0. The Morgan fingerprint density at radius 2 is 1.77 bits per heavy atom. The third-order valence-electron chi connectivity index (χ3n) is 5.48. The normalized spacial score (nSPS) is 21.3. The van der Waals surface area contributed by atoms with E-state index in [0.29, 0.717) is 48.5 Å². The SMILES string of the molecule is Cc1ccc(CN2C(=O)/C(=C3\SC(N4CCOCC4)=NC3=O)c3ccccc32)cc1. The van der Waals surface area contributed by atoms with Crippen LogP contribution in [0.4, 0.5) is 5.69 Å². The zero-order chi connectivity index (χ0) is 20.7. The van der Waals surface area contributed by atoms with E-state index in [1.165, 1.54) is 17.3 Å². The molecular formula is C23H21N3O3S. The van der Waals surface area contributed by atoms with Crippen molar-refractivity contribution in [3.8, 4) is 0 Å². The van der Waals surface area contributed by atoms with Crippen LogP contribution in [0.3, 0.4) is 0 Å². The molecule has 0 unspecified atom stereocenters. The molecule has 0 atom stereocenters. The molecular weight excluding hydrogens is 398 g/mol. The Morgan fingerprint density at radius 3 is 2.53 bits per heavy atom. The van der Waals surface area contributed by atoms with Gasteiger partial charge in [0.15, 0.2) is 5.17 Å². The van der Waals surface area contributed by atoms with Crippen LogP contribution in [0.1, 0.15) is 16.7 Å². The molecule has 3 aliphatic heterocycles. The molecule has 2 aromatic carbocycles. The maximum atomic E-state index is 13.5. The van der Waals surface area contributed by atoms with Crippen molar-refractivity contribution in [1.29, 1.82) is 0 Å². The van der Waals surface area contributed by atoms with Gasteiger partial charge in [0.1, 0.15) is 0 Å². The minimum atomic E-state index is -0.336. The summed E-state index contributed by atoms with van der Waals surface area (Å²) in [6, 6.07) is 15.8. The van der Waals surface area contributed by atoms with E-state index < -0.39 is 0 Å². The number of hydrogen-bond acceptors (Lipinski definition) is 5. The first kappa shape index (κ1) is 19.1. The van der Waals surface area contributed by atoms with Crippen molar-refractivity contribution in [2.75, 3.05) is 31.2 Å². The number of carbonyl (C=O) groups excluding carboxylic acids is 2. The average molecular weight is 420 g/mol. The summed E-state index contributed by atoms with van der Waals surface area (Å²) in [5.74, 6) is -0.483. The molecule has 2 aromatic rings. The van der Waals surface area contributed by atoms with Gasteiger partial charge in [-0.3, -0.25) is 9.59 Å². The quantitative estimate of drug-likeness (QED) is 0.700. The van der Waals surface area contributed by atoms with E-state index in [1.807, 2.05) is 55.5 Å². The molecule has 30 heavy (non-hydrogen) atoms. The molecule has 1 saturated heterocycles. The fraction of sp³-hybridized carbons (Fsp3) is 0.261. The van der Waals surface area contributed by atoms with Crippen molar-refractivity contribution in [3.05, 3.63) is 70.1 Å². The van der Waals surface area contributed by atoms with E-state index in [0.717, 1.165) is 16.8 Å². The first-order chi connectivity index (χ1) is 14.6. The maximum absolute atomic E-state index is 13.5. The van der Waals surface area contributed by atoms with Gasteiger partial charge in [0, 0.05) is 18.7 Å². The molecule has 0 aliphatic carbocycles. The van der Waals surface area contributed by atoms with Gasteiger partial charge in [0.25, 0.3) is 11.8 Å². The number of aliphatic imine (C=N–C) groups is 1. The third kappa shape index (κ3) is 3.34. The van der Waals surface area contributed by atoms with E-state index in [4.69, 9.17) is 4.74 Å². The van der Waals surface area contributed by atoms with Gasteiger partial charge in [-0.25, -0.2) is 0 Å². The summed E-state index contributed by atoms with van der Waals surface area (Å²) in [5.41, 5.74) is 4.31. The second-order valence-corrected chi connectivity index (χ2v) is 8.48. The smallest absolute Gasteiger partial charge is 0.287 e. The summed E-state index contributed by atoms with van der Waals surface area (Å²) in [5, 5.41) is 0.660. The van der Waals surface area contributed by atoms with Crippen molar-refractivity contribution in [2.45, 2.75) is 13.5 Å². The van der Waals surface area contributed by atoms with Crippen molar-refractivity contribution in [1.82, 2.24) is 4.90 Å². The van der Waals surface area contributed by atoms with Crippen LogP contribution in [0.2, 0.25) is 0 Å². The summed E-state index contributed by atoms with van der Waals surface area (Å²) in [6.07, 6.45) is 0. The molecule has 2 amide bonds. The Balaban J connectivity index is 1.49. The van der Waals surface area contributed by atoms with Gasteiger partial charge in [-0.2, -0.15) is 4.99 Å². The number of fused-ring (bicyclic) bond motifs is 1. The Bertz CT molecular complexity index is 1090. The molecule has 7 heteroatoms. The van der Waals surface area contributed by atoms with Crippen LogP contribution < -0.4 is 4.90 Å². The second-order valence-electron chi connectivity index (χ2n) is 7.50. The standard InChI is InChI=1S/C23H21N3O3S/c1-15-6-8-16(9-7-15)14-26-18-5-3-2-4-17(18)19(22(26)28)20-21(27)24-23(30-20)25-10-12-29-13-11-25/h2-9H,10-14H2,1H3/b20-19-. The number of benzene rings is 2. The summed E-state index contributed by atoms with van der Waals surface area (Å²) >= 11 is 1.30. The van der Waals surface area contributed by atoms with Gasteiger partial charge in [-0.1, -0.05) is 48.0 Å². The van der Waals surface area contributed by atoms with Crippen LogP contribution in [0, 0.1) is 6.92 Å². The molecule has 3 aliphatic rings. The van der Waals surface area contributed by atoms with Gasteiger partial charge >= 0.3 is 0 Å². The van der Waals surface area contributed by atoms with Crippen LogP contribution in [-0.2, 0) is 20.9 Å². The minimum Gasteiger partial charge on any atom is -0.378 e. The Kier molecular flexibility index (Phi) is 4.92. The van der Waals surface area contributed by atoms with Crippen LogP contribution in [0.5, 0.6) is 0 Å². The van der Waals surface area contributed by atoms with E-state index in [1.54, 1.807) is 4.90 Å². The number of aryl methyl sites for hydroxylation is 1. The molecule has 0 spiro atoms. The number of anilines is 1. The predicted molar refractivity (Wildman–Crippen MR) is 118 cm³/mol. The number of morpholine rings is 1. The minimum absolute atomic E-state index is 0.147. The highest BCUT2D eigenvalue weighted by atomic mass is 32.2. The van der Waals surface area contributed by atoms with Crippen LogP contribution in [0.25, 0.3) is 5.57 Å². The van der Waals surface area contributed by atoms with Gasteiger partial charge in [-0.05, 0) is 30.3 Å². The molecule has 0 bridgehead atoms. The molecule has 0 saturated carbocycles. The molecule has 152 valence electrons. The average Bonchev–Trinajstić information content (AvgIpc) is 3.28. The van der Waals surface area contributed by atoms with E-state index in [2.05, 4.69) is 9.89 Å². The number of rotatable bonds is 2. The number of amidine groups is 1. The third-order valence-corrected chi connectivity index (χ3v) is 6.59. The number of nitrogens with zero attached hydrogens (tertiary/aromatic N) is 3. The number of thioether (sulfide) groups is 1. The molecule has 1 fully saturated rings. The first-order valence-corrected chi connectivity index (χ1v) is 10.8. The predicted octanol–water partition coefficient (Wildman–Crippen LogP) is 3.21. The maximum Gasteiger partial charge on any atom is 0.287 e. The largest absolute Gasteiger partial charge is 0.378 e. The van der Waals surface area contributed by atoms with Crippen molar-refractivity contribution >= 4 is 40.0 Å². The molecule has 3 heterocycles. The molecule has 0 radical (unpaired) electrons. The number of ether oxygens (including phenoxy) is 1. The molecule has 0 N–H and O–H groups in total. The Hall–Kier alpha value is -2.90.